The number of nitrogens with zero attached hydrogens (tertiary/aromatic N) is 1. The average Bonchev–Trinajstić information content (AvgIpc) is 2.95. The van der Waals surface area contributed by atoms with E-state index in [1.807, 2.05) is 39.0 Å². The van der Waals surface area contributed by atoms with Crippen LogP contribution in [0.15, 0.2) is 42.5 Å². The molecular weight excluding hydrogens is 328 g/mol. The summed E-state index contributed by atoms with van der Waals surface area (Å²) >= 11 is 0. The first-order chi connectivity index (χ1) is 12.5. The Morgan fingerprint density at radius 1 is 1.19 bits per heavy atom. The summed E-state index contributed by atoms with van der Waals surface area (Å²) in [6, 6.07) is 12.6. The van der Waals surface area contributed by atoms with Gasteiger partial charge in [0.1, 0.15) is 11.8 Å². The first-order valence-electron chi connectivity index (χ1n) is 8.92. The number of anilines is 1. The van der Waals surface area contributed by atoms with Gasteiger partial charge in [0.2, 0.25) is 5.91 Å². The number of benzene rings is 2. The van der Waals surface area contributed by atoms with Crippen LogP contribution in [0.2, 0.25) is 0 Å². The molecule has 0 radical (unpaired) electrons. The molecular formula is C21H24N2O3. The largest absolute Gasteiger partial charge is 0.493 e. The van der Waals surface area contributed by atoms with Gasteiger partial charge in [-0.15, -0.1) is 0 Å². The lowest BCUT2D eigenvalue weighted by Crippen LogP contribution is -2.41. The van der Waals surface area contributed by atoms with Crippen molar-refractivity contribution in [3.8, 4) is 5.75 Å². The summed E-state index contributed by atoms with van der Waals surface area (Å²) in [5, 5.41) is 2.86. The minimum atomic E-state index is -0.516. The summed E-state index contributed by atoms with van der Waals surface area (Å²) in [5.74, 6) is 0.177. The van der Waals surface area contributed by atoms with Gasteiger partial charge in [-0.25, -0.2) is 0 Å². The molecule has 0 aromatic heterocycles. The van der Waals surface area contributed by atoms with Crippen molar-refractivity contribution in [1.82, 2.24) is 5.32 Å². The van der Waals surface area contributed by atoms with Gasteiger partial charge in [0.05, 0.1) is 12.2 Å². The zero-order valence-corrected chi connectivity index (χ0v) is 15.4. The Labute approximate surface area is 154 Å². The Morgan fingerprint density at radius 2 is 1.88 bits per heavy atom. The minimum absolute atomic E-state index is 0.0720. The molecule has 1 aliphatic rings. The van der Waals surface area contributed by atoms with Gasteiger partial charge >= 0.3 is 0 Å². The second-order valence-corrected chi connectivity index (χ2v) is 6.58. The molecule has 0 saturated carbocycles. The zero-order chi connectivity index (χ0) is 18.7. The number of carbonyl (C=O) groups is 2. The molecule has 0 bridgehead atoms. The van der Waals surface area contributed by atoms with Gasteiger partial charge < -0.3 is 15.0 Å². The third-order valence-corrected chi connectivity index (χ3v) is 4.46. The first-order valence-corrected chi connectivity index (χ1v) is 8.92. The van der Waals surface area contributed by atoms with Crippen LogP contribution < -0.4 is 15.0 Å². The van der Waals surface area contributed by atoms with E-state index in [1.54, 1.807) is 23.1 Å². The van der Waals surface area contributed by atoms with Crippen molar-refractivity contribution in [2.45, 2.75) is 33.2 Å². The van der Waals surface area contributed by atoms with Crippen LogP contribution in [0.5, 0.6) is 5.75 Å². The number of hydrogen-bond donors (Lipinski definition) is 1. The molecule has 0 spiro atoms. The van der Waals surface area contributed by atoms with Crippen molar-refractivity contribution in [2.75, 3.05) is 18.1 Å². The molecule has 5 heteroatoms. The van der Waals surface area contributed by atoms with E-state index in [4.69, 9.17) is 4.74 Å². The van der Waals surface area contributed by atoms with Crippen molar-refractivity contribution in [3.05, 3.63) is 59.2 Å². The molecule has 1 heterocycles. The molecule has 2 aromatic carbocycles. The monoisotopic (exact) mass is 352 g/mol. The minimum Gasteiger partial charge on any atom is -0.493 e. The van der Waals surface area contributed by atoms with E-state index in [0.717, 1.165) is 16.8 Å². The molecule has 1 saturated heterocycles. The molecule has 2 amide bonds. The summed E-state index contributed by atoms with van der Waals surface area (Å²) in [5.41, 5.74) is 3.57. The third-order valence-electron chi connectivity index (χ3n) is 4.46. The number of amides is 2. The van der Waals surface area contributed by atoms with Crippen LogP contribution in [0.25, 0.3) is 0 Å². The molecule has 136 valence electrons. The molecule has 1 N–H and O–H groups in total. The molecule has 26 heavy (non-hydrogen) atoms. The highest BCUT2D eigenvalue weighted by Gasteiger charge is 2.34. The van der Waals surface area contributed by atoms with Crippen LogP contribution in [0, 0.1) is 13.8 Å². The predicted molar refractivity (Wildman–Crippen MR) is 102 cm³/mol. The zero-order valence-electron chi connectivity index (χ0n) is 15.4. The molecule has 3 rings (SSSR count). The molecule has 2 aromatic rings. The number of para-hydroxylation sites is 1. The van der Waals surface area contributed by atoms with Crippen molar-refractivity contribution in [1.29, 1.82) is 0 Å². The van der Waals surface area contributed by atoms with E-state index < -0.39 is 6.04 Å². The summed E-state index contributed by atoms with van der Waals surface area (Å²) in [4.78, 5) is 27.2. The normalized spacial score (nSPS) is 16.7. The second kappa shape index (κ2) is 7.60. The van der Waals surface area contributed by atoms with Gasteiger partial charge in [0.25, 0.3) is 5.91 Å². The summed E-state index contributed by atoms with van der Waals surface area (Å²) in [6.07, 6.45) is 0.592. The van der Waals surface area contributed by atoms with E-state index in [0.29, 0.717) is 30.9 Å². The van der Waals surface area contributed by atoms with E-state index in [-0.39, 0.29) is 11.8 Å². The van der Waals surface area contributed by atoms with Crippen LogP contribution in [0.3, 0.4) is 0 Å². The van der Waals surface area contributed by atoms with Gasteiger partial charge in [-0.3, -0.25) is 9.59 Å². The highest BCUT2D eigenvalue weighted by molar-refractivity contribution is 6.04. The second-order valence-electron chi connectivity index (χ2n) is 6.58. The number of nitrogens with one attached hydrogen (secondary N) is 1. The van der Waals surface area contributed by atoms with Gasteiger partial charge in [0, 0.05) is 12.2 Å². The van der Waals surface area contributed by atoms with Crippen molar-refractivity contribution >= 4 is 17.5 Å². The molecule has 0 unspecified atom stereocenters. The average molecular weight is 352 g/mol. The van der Waals surface area contributed by atoms with E-state index >= 15 is 0 Å². The van der Waals surface area contributed by atoms with Gasteiger partial charge in [-0.05, 0) is 62.6 Å². The predicted octanol–water partition coefficient (Wildman–Crippen LogP) is 3.24. The van der Waals surface area contributed by atoms with Crippen LogP contribution in [0.4, 0.5) is 5.69 Å². The first kappa shape index (κ1) is 18.0. The lowest BCUT2D eigenvalue weighted by Gasteiger charge is -2.19. The van der Waals surface area contributed by atoms with Crippen molar-refractivity contribution in [3.63, 3.8) is 0 Å². The molecule has 5 nitrogen and oxygen atoms in total. The Kier molecular flexibility index (Phi) is 5.26. The fraction of sp³-hybridized carbons (Fsp3) is 0.333. The summed E-state index contributed by atoms with van der Waals surface area (Å²) in [7, 11) is 0. The Bertz CT molecular complexity index is 812. The molecule has 1 aliphatic heterocycles. The SMILES string of the molecule is CCOc1ccccc1C(=O)N[C@@H]1CCN(c2cc(C)cc(C)c2)C1=O. The number of rotatable bonds is 5. The lowest BCUT2D eigenvalue weighted by molar-refractivity contribution is -0.118. The molecule has 1 atom stereocenters. The molecule has 0 aliphatic carbocycles. The van der Waals surface area contributed by atoms with Crippen molar-refractivity contribution < 1.29 is 14.3 Å². The smallest absolute Gasteiger partial charge is 0.255 e. The maximum Gasteiger partial charge on any atom is 0.255 e. The standard InChI is InChI=1S/C21H24N2O3/c1-4-26-19-8-6-5-7-17(19)20(24)22-18-9-10-23(21(18)25)16-12-14(2)11-15(3)13-16/h5-8,11-13,18H,4,9-10H2,1-3H3,(H,22,24)/t18-/m1/s1. The number of carbonyl (C=O) groups excluding carboxylic acids is 2. The third kappa shape index (κ3) is 3.72. The fourth-order valence-electron chi connectivity index (χ4n) is 3.35. The number of hydrogen-bond acceptors (Lipinski definition) is 3. The maximum absolute atomic E-state index is 12.8. The number of aryl methyl sites for hydroxylation is 2. The highest BCUT2D eigenvalue weighted by Crippen LogP contribution is 2.25. The van der Waals surface area contributed by atoms with Crippen LogP contribution in [0.1, 0.15) is 34.8 Å². The Hall–Kier alpha value is -2.82. The van der Waals surface area contributed by atoms with E-state index in [2.05, 4.69) is 11.4 Å². The van der Waals surface area contributed by atoms with Gasteiger partial charge in [-0.2, -0.15) is 0 Å². The number of ether oxygens (including phenoxy) is 1. The van der Waals surface area contributed by atoms with E-state index in [9.17, 15) is 9.59 Å². The molecule has 1 fully saturated rings. The van der Waals surface area contributed by atoms with Gasteiger partial charge in [-0.1, -0.05) is 18.2 Å². The van der Waals surface area contributed by atoms with Crippen LogP contribution in [-0.4, -0.2) is 31.0 Å². The lowest BCUT2D eigenvalue weighted by atomic mass is 10.1. The van der Waals surface area contributed by atoms with Crippen molar-refractivity contribution in [2.24, 2.45) is 0 Å². The fourth-order valence-corrected chi connectivity index (χ4v) is 3.35. The van der Waals surface area contributed by atoms with E-state index in [1.165, 1.54) is 0 Å². The quantitative estimate of drug-likeness (QED) is 0.899. The topological polar surface area (TPSA) is 58.6 Å². The van der Waals surface area contributed by atoms with Crippen LogP contribution in [-0.2, 0) is 4.79 Å². The highest BCUT2D eigenvalue weighted by atomic mass is 16.5. The van der Waals surface area contributed by atoms with Crippen LogP contribution >= 0.6 is 0 Å². The Balaban J connectivity index is 1.74. The summed E-state index contributed by atoms with van der Waals surface area (Å²) in [6.45, 7) is 6.98. The summed E-state index contributed by atoms with van der Waals surface area (Å²) < 4.78 is 5.51. The van der Waals surface area contributed by atoms with Gasteiger partial charge in [0.15, 0.2) is 0 Å². The Morgan fingerprint density at radius 3 is 2.58 bits per heavy atom. The maximum atomic E-state index is 12.8.